The van der Waals surface area contributed by atoms with E-state index in [1.165, 1.54) is 0 Å². The summed E-state index contributed by atoms with van der Waals surface area (Å²) in [6.45, 7) is 0.126. The van der Waals surface area contributed by atoms with Gasteiger partial charge >= 0.3 is 5.97 Å². The first-order chi connectivity index (χ1) is 12.8. The van der Waals surface area contributed by atoms with Crippen LogP contribution < -0.4 is 0 Å². The van der Waals surface area contributed by atoms with Crippen LogP contribution in [0.1, 0.15) is 39.3 Å². The molecule has 128 valence electrons. The van der Waals surface area contributed by atoms with Gasteiger partial charge in [-0.15, -0.1) is 0 Å². The summed E-state index contributed by atoms with van der Waals surface area (Å²) in [5.41, 5.74) is 4.77. The summed E-state index contributed by atoms with van der Waals surface area (Å²) in [5.74, 6) is -0.416. The Kier molecular flexibility index (Phi) is 4.24. The van der Waals surface area contributed by atoms with E-state index < -0.39 is 5.97 Å². The predicted octanol–water partition coefficient (Wildman–Crippen LogP) is 3.59. The first-order valence-electron chi connectivity index (χ1n) is 8.58. The SMILES string of the molecule is N#Cc1cccc(COC(=O)c2nn(-c3ccccc3)c3c2CCC3)c1. The van der Waals surface area contributed by atoms with E-state index in [4.69, 9.17) is 10.00 Å². The molecule has 0 amide bonds. The summed E-state index contributed by atoms with van der Waals surface area (Å²) in [4.78, 5) is 12.6. The largest absolute Gasteiger partial charge is 0.456 e. The number of rotatable bonds is 4. The van der Waals surface area contributed by atoms with Gasteiger partial charge in [-0.3, -0.25) is 0 Å². The van der Waals surface area contributed by atoms with Gasteiger partial charge in [-0.25, -0.2) is 9.48 Å². The maximum Gasteiger partial charge on any atom is 0.359 e. The predicted molar refractivity (Wildman–Crippen MR) is 95.9 cm³/mol. The topological polar surface area (TPSA) is 67.9 Å². The van der Waals surface area contributed by atoms with Crippen molar-refractivity contribution in [1.29, 1.82) is 5.26 Å². The van der Waals surface area contributed by atoms with Crippen LogP contribution in [0.15, 0.2) is 54.6 Å². The molecule has 1 heterocycles. The fourth-order valence-electron chi connectivity index (χ4n) is 3.33. The Morgan fingerprint density at radius 1 is 1.15 bits per heavy atom. The average Bonchev–Trinajstić information content (AvgIpc) is 3.29. The summed E-state index contributed by atoms with van der Waals surface area (Å²) in [6.07, 6.45) is 2.77. The Hall–Kier alpha value is -3.39. The molecule has 4 rings (SSSR count). The fourth-order valence-corrected chi connectivity index (χ4v) is 3.33. The van der Waals surface area contributed by atoms with Crippen LogP contribution in [0.5, 0.6) is 0 Å². The van der Waals surface area contributed by atoms with Gasteiger partial charge in [0.15, 0.2) is 5.69 Å². The summed E-state index contributed by atoms with van der Waals surface area (Å²) < 4.78 is 7.32. The Morgan fingerprint density at radius 3 is 2.81 bits per heavy atom. The molecule has 5 heteroatoms. The van der Waals surface area contributed by atoms with Crippen LogP contribution >= 0.6 is 0 Å². The molecule has 1 aromatic heterocycles. The van der Waals surface area contributed by atoms with Crippen molar-refractivity contribution in [3.63, 3.8) is 0 Å². The number of carbonyl (C=O) groups excluding carboxylic acids is 1. The van der Waals surface area contributed by atoms with Crippen LogP contribution in [0.3, 0.4) is 0 Å². The lowest BCUT2D eigenvalue weighted by Gasteiger charge is -2.05. The first kappa shape index (κ1) is 16.1. The van der Waals surface area contributed by atoms with Crippen molar-refractivity contribution < 1.29 is 9.53 Å². The molecule has 0 spiro atoms. The highest BCUT2D eigenvalue weighted by atomic mass is 16.5. The zero-order valence-electron chi connectivity index (χ0n) is 14.2. The molecule has 0 radical (unpaired) electrons. The van der Waals surface area contributed by atoms with Gasteiger partial charge in [-0.1, -0.05) is 30.3 Å². The normalized spacial score (nSPS) is 12.4. The van der Waals surface area contributed by atoms with E-state index in [-0.39, 0.29) is 6.61 Å². The van der Waals surface area contributed by atoms with Crippen LogP contribution in [0.25, 0.3) is 5.69 Å². The maximum absolute atomic E-state index is 12.6. The highest BCUT2D eigenvalue weighted by Gasteiger charge is 2.27. The lowest BCUT2D eigenvalue weighted by atomic mass is 10.1. The average molecular weight is 343 g/mol. The molecule has 5 nitrogen and oxygen atoms in total. The smallest absolute Gasteiger partial charge is 0.359 e. The number of benzene rings is 2. The number of esters is 1. The van der Waals surface area contributed by atoms with E-state index in [0.29, 0.717) is 11.3 Å². The molecule has 1 aliphatic carbocycles. The van der Waals surface area contributed by atoms with E-state index in [0.717, 1.165) is 41.8 Å². The molecule has 0 fully saturated rings. The van der Waals surface area contributed by atoms with E-state index >= 15 is 0 Å². The number of fused-ring (bicyclic) bond motifs is 1. The Balaban J connectivity index is 1.58. The van der Waals surface area contributed by atoms with Crippen molar-refractivity contribution in [3.05, 3.63) is 82.7 Å². The maximum atomic E-state index is 12.6. The van der Waals surface area contributed by atoms with Crippen LogP contribution in [0.4, 0.5) is 0 Å². The van der Waals surface area contributed by atoms with E-state index in [1.807, 2.05) is 41.1 Å². The van der Waals surface area contributed by atoms with Crippen LogP contribution in [0, 0.1) is 11.3 Å². The van der Waals surface area contributed by atoms with E-state index in [2.05, 4.69) is 11.2 Å². The van der Waals surface area contributed by atoms with Crippen LogP contribution in [-0.4, -0.2) is 15.7 Å². The molecular formula is C21H17N3O2. The summed E-state index contributed by atoms with van der Waals surface area (Å²) >= 11 is 0. The third-order valence-corrected chi connectivity index (χ3v) is 4.55. The summed E-state index contributed by atoms with van der Waals surface area (Å²) in [5, 5.41) is 13.5. The lowest BCUT2D eigenvalue weighted by molar-refractivity contribution is 0.0464. The zero-order chi connectivity index (χ0) is 17.9. The molecule has 3 aromatic rings. The number of hydrogen-bond donors (Lipinski definition) is 0. The first-order valence-corrected chi connectivity index (χ1v) is 8.58. The number of ether oxygens (including phenoxy) is 1. The minimum atomic E-state index is -0.416. The van der Waals surface area contributed by atoms with Gasteiger partial charge in [0.1, 0.15) is 6.61 Å². The number of carbonyl (C=O) groups is 1. The second kappa shape index (κ2) is 6.85. The second-order valence-corrected chi connectivity index (χ2v) is 6.26. The monoisotopic (exact) mass is 343 g/mol. The molecule has 0 N–H and O–H groups in total. The highest BCUT2D eigenvalue weighted by Crippen LogP contribution is 2.28. The Morgan fingerprint density at radius 2 is 2.00 bits per heavy atom. The highest BCUT2D eigenvalue weighted by molar-refractivity contribution is 5.89. The molecule has 2 aromatic carbocycles. The molecule has 0 unspecified atom stereocenters. The minimum absolute atomic E-state index is 0.126. The van der Waals surface area contributed by atoms with Gasteiger partial charge in [0.2, 0.25) is 0 Å². The van der Waals surface area contributed by atoms with E-state index in [9.17, 15) is 4.79 Å². The number of hydrogen-bond acceptors (Lipinski definition) is 4. The van der Waals surface area contributed by atoms with Crippen LogP contribution in [-0.2, 0) is 24.2 Å². The van der Waals surface area contributed by atoms with Gasteiger partial charge < -0.3 is 4.74 Å². The number of nitrogens with zero attached hydrogens (tertiary/aromatic N) is 3. The van der Waals surface area contributed by atoms with Gasteiger partial charge in [0.05, 0.1) is 17.3 Å². The molecule has 1 aliphatic rings. The molecule has 0 saturated carbocycles. The quantitative estimate of drug-likeness (QED) is 0.679. The molecule has 0 bridgehead atoms. The standard InChI is InChI=1S/C21H17N3O2/c22-13-15-6-4-7-16(12-15)14-26-21(25)20-18-10-5-11-19(18)24(23-20)17-8-2-1-3-9-17/h1-4,6-9,12H,5,10-11,14H2. The zero-order valence-corrected chi connectivity index (χ0v) is 14.2. The second-order valence-electron chi connectivity index (χ2n) is 6.26. The molecular weight excluding hydrogens is 326 g/mol. The molecule has 0 saturated heterocycles. The third kappa shape index (κ3) is 2.98. The fraction of sp³-hybridized carbons (Fsp3) is 0.190. The van der Waals surface area contributed by atoms with Crippen molar-refractivity contribution >= 4 is 5.97 Å². The van der Waals surface area contributed by atoms with Gasteiger partial charge in [0.25, 0.3) is 0 Å². The van der Waals surface area contributed by atoms with Crippen molar-refractivity contribution in [3.8, 4) is 11.8 Å². The van der Waals surface area contributed by atoms with Crippen molar-refractivity contribution in [2.75, 3.05) is 0 Å². The van der Waals surface area contributed by atoms with E-state index in [1.54, 1.807) is 18.2 Å². The Bertz CT molecular complexity index is 1000. The number of aromatic nitrogens is 2. The Labute approximate surface area is 151 Å². The van der Waals surface area contributed by atoms with Crippen molar-refractivity contribution in [2.24, 2.45) is 0 Å². The summed E-state index contributed by atoms with van der Waals surface area (Å²) in [7, 11) is 0. The minimum Gasteiger partial charge on any atom is -0.456 e. The van der Waals surface area contributed by atoms with Crippen molar-refractivity contribution in [2.45, 2.75) is 25.9 Å². The lowest BCUT2D eigenvalue weighted by Crippen LogP contribution is -2.09. The van der Waals surface area contributed by atoms with Crippen molar-refractivity contribution in [1.82, 2.24) is 9.78 Å². The van der Waals surface area contributed by atoms with Crippen LogP contribution in [0.2, 0.25) is 0 Å². The molecule has 0 atom stereocenters. The number of para-hydroxylation sites is 1. The number of nitriles is 1. The summed E-state index contributed by atoms with van der Waals surface area (Å²) in [6, 6.07) is 19.0. The molecule has 26 heavy (non-hydrogen) atoms. The molecule has 0 aliphatic heterocycles. The third-order valence-electron chi connectivity index (χ3n) is 4.55. The van der Waals surface area contributed by atoms with Gasteiger partial charge in [-0.2, -0.15) is 10.4 Å². The van der Waals surface area contributed by atoms with Gasteiger partial charge in [0, 0.05) is 11.3 Å². The van der Waals surface area contributed by atoms with Gasteiger partial charge in [-0.05, 0) is 49.1 Å².